The summed E-state index contributed by atoms with van der Waals surface area (Å²) in [4.78, 5) is 22.3. The number of nitrogens with zero attached hydrogens (tertiary/aromatic N) is 1. The lowest BCUT2D eigenvalue weighted by Crippen LogP contribution is -2.33. The molecule has 0 aliphatic carbocycles. The van der Waals surface area contributed by atoms with Crippen LogP contribution in [0.5, 0.6) is 0 Å². The van der Waals surface area contributed by atoms with E-state index in [1.54, 1.807) is 19.1 Å². The molecule has 0 heterocycles. The van der Waals surface area contributed by atoms with E-state index in [9.17, 15) is 14.9 Å². The molecule has 0 saturated carbocycles. The van der Waals surface area contributed by atoms with Crippen LogP contribution in [0.4, 0.5) is 11.4 Å². The molecule has 128 valence electrons. The average molecular weight is 355 g/mol. The van der Waals surface area contributed by atoms with Gasteiger partial charge in [-0.05, 0) is 43.3 Å². The second kappa shape index (κ2) is 8.16. The number of amides is 1. The molecular formula is C18H17N3O3S. The van der Waals surface area contributed by atoms with Crippen LogP contribution in [0, 0.1) is 24.0 Å². The highest BCUT2D eigenvalue weighted by molar-refractivity contribution is 7.80. The summed E-state index contributed by atoms with van der Waals surface area (Å²) in [5.74, 6) is -0.388. The van der Waals surface area contributed by atoms with Crippen LogP contribution >= 0.6 is 12.2 Å². The Hall–Kier alpha value is -3.06. The maximum absolute atomic E-state index is 11.9. The lowest BCUT2D eigenvalue weighted by molar-refractivity contribution is -0.384. The molecule has 0 unspecified atom stereocenters. The molecule has 0 radical (unpaired) electrons. The third-order valence-electron chi connectivity index (χ3n) is 3.42. The van der Waals surface area contributed by atoms with Gasteiger partial charge in [-0.2, -0.15) is 0 Å². The fourth-order valence-electron chi connectivity index (χ4n) is 2.01. The van der Waals surface area contributed by atoms with Crippen LogP contribution in [0.3, 0.4) is 0 Å². The third-order valence-corrected chi connectivity index (χ3v) is 3.63. The van der Waals surface area contributed by atoms with Crippen molar-refractivity contribution in [2.24, 2.45) is 0 Å². The van der Waals surface area contributed by atoms with E-state index in [0.717, 1.165) is 16.7 Å². The summed E-state index contributed by atoms with van der Waals surface area (Å²) in [6.07, 6.45) is 3.05. The molecule has 25 heavy (non-hydrogen) atoms. The van der Waals surface area contributed by atoms with Gasteiger partial charge in [0.25, 0.3) is 5.69 Å². The van der Waals surface area contributed by atoms with Gasteiger partial charge in [-0.15, -0.1) is 0 Å². The van der Waals surface area contributed by atoms with Crippen molar-refractivity contribution in [1.29, 1.82) is 0 Å². The molecule has 0 aliphatic heterocycles. The van der Waals surface area contributed by atoms with Crippen molar-refractivity contribution >= 4 is 40.7 Å². The van der Waals surface area contributed by atoms with Crippen molar-refractivity contribution in [2.45, 2.75) is 13.8 Å². The normalized spacial score (nSPS) is 10.5. The largest absolute Gasteiger partial charge is 0.332 e. The van der Waals surface area contributed by atoms with Crippen LogP contribution < -0.4 is 10.6 Å². The highest BCUT2D eigenvalue weighted by atomic mass is 32.1. The first-order valence-corrected chi connectivity index (χ1v) is 7.88. The van der Waals surface area contributed by atoms with Gasteiger partial charge in [-0.1, -0.05) is 35.9 Å². The number of benzene rings is 2. The predicted molar refractivity (Wildman–Crippen MR) is 102 cm³/mol. The van der Waals surface area contributed by atoms with E-state index in [0.29, 0.717) is 5.69 Å². The van der Waals surface area contributed by atoms with Gasteiger partial charge in [0, 0.05) is 23.9 Å². The number of nitro benzene ring substituents is 1. The lowest BCUT2D eigenvalue weighted by Gasteiger charge is -2.10. The molecule has 0 spiro atoms. The van der Waals surface area contributed by atoms with Crippen LogP contribution in [0.2, 0.25) is 0 Å². The number of anilines is 1. The van der Waals surface area contributed by atoms with Gasteiger partial charge in [0.15, 0.2) is 5.11 Å². The number of carbonyl (C=O) groups excluding carboxylic acids is 1. The van der Waals surface area contributed by atoms with Crippen LogP contribution in [0.1, 0.15) is 16.7 Å². The summed E-state index contributed by atoms with van der Waals surface area (Å²) in [5.41, 5.74) is 3.23. The molecule has 6 nitrogen and oxygen atoms in total. The number of thiocarbonyl (C=S) groups is 1. The summed E-state index contributed by atoms with van der Waals surface area (Å²) in [5, 5.41) is 16.2. The second-order valence-electron chi connectivity index (χ2n) is 5.44. The number of nitrogens with one attached hydrogen (secondary N) is 2. The highest BCUT2D eigenvalue weighted by Crippen LogP contribution is 2.21. The van der Waals surface area contributed by atoms with E-state index >= 15 is 0 Å². The van der Waals surface area contributed by atoms with Gasteiger partial charge in [0.05, 0.1) is 4.92 Å². The number of non-ortho nitro benzene ring substituents is 1. The number of nitro groups is 1. The maximum Gasteiger partial charge on any atom is 0.271 e. The molecule has 0 saturated heterocycles. The fraction of sp³-hybridized carbons (Fsp3) is 0.111. The molecule has 1 amide bonds. The van der Waals surface area contributed by atoms with Gasteiger partial charge >= 0.3 is 0 Å². The highest BCUT2D eigenvalue weighted by Gasteiger charge is 2.10. The average Bonchev–Trinajstić information content (AvgIpc) is 2.56. The molecule has 2 aromatic rings. The molecule has 2 rings (SSSR count). The summed E-state index contributed by atoms with van der Waals surface area (Å²) in [6.45, 7) is 3.77. The Balaban J connectivity index is 1.97. The molecule has 7 heteroatoms. The Labute approximate surface area is 150 Å². The number of carbonyl (C=O) groups is 1. The third kappa shape index (κ3) is 5.50. The molecule has 2 aromatic carbocycles. The van der Waals surface area contributed by atoms with E-state index in [1.165, 1.54) is 18.2 Å². The van der Waals surface area contributed by atoms with Gasteiger partial charge in [0.2, 0.25) is 5.91 Å². The zero-order valence-corrected chi connectivity index (χ0v) is 14.6. The van der Waals surface area contributed by atoms with Crippen molar-refractivity contribution in [2.75, 3.05) is 5.32 Å². The minimum atomic E-state index is -0.490. The maximum atomic E-state index is 11.9. The predicted octanol–water partition coefficient (Wildman–Crippen LogP) is 3.74. The molecular weight excluding hydrogens is 338 g/mol. The zero-order chi connectivity index (χ0) is 18.4. The van der Waals surface area contributed by atoms with E-state index in [-0.39, 0.29) is 16.7 Å². The Morgan fingerprint density at radius 2 is 1.84 bits per heavy atom. The zero-order valence-electron chi connectivity index (χ0n) is 13.8. The first-order chi connectivity index (χ1) is 11.8. The monoisotopic (exact) mass is 355 g/mol. The summed E-state index contributed by atoms with van der Waals surface area (Å²) >= 11 is 5.08. The number of hydrogen-bond donors (Lipinski definition) is 2. The van der Waals surface area contributed by atoms with Crippen LogP contribution in [-0.2, 0) is 4.79 Å². The molecule has 0 aliphatic rings. The minimum Gasteiger partial charge on any atom is -0.332 e. The first-order valence-electron chi connectivity index (χ1n) is 7.47. The van der Waals surface area contributed by atoms with Crippen molar-refractivity contribution < 1.29 is 9.72 Å². The first kappa shape index (κ1) is 18.3. The van der Waals surface area contributed by atoms with E-state index in [4.69, 9.17) is 12.2 Å². The summed E-state index contributed by atoms with van der Waals surface area (Å²) < 4.78 is 0. The van der Waals surface area contributed by atoms with Crippen molar-refractivity contribution in [1.82, 2.24) is 5.32 Å². The van der Waals surface area contributed by atoms with Crippen molar-refractivity contribution in [3.63, 3.8) is 0 Å². The molecule has 0 atom stereocenters. The van der Waals surface area contributed by atoms with Gasteiger partial charge < -0.3 is 5.32 Å². The second-order valence-corrected chi connectivity index (χ2v) is 5.85. The standard InChI is InChI=1S/C18H17N3O3S/c1-12-3-6-14(7-4-12)8-10-17(22)20-18(25)19-16-11-15(21(23)24)9-5-13(16)2/h3-11H,1-2H3,(H2,19,20,22,25). The number of rotatable bonds is 4. The van der Waals surface area contributed by atoms with Crippen molar-refractivity contribution in [3.8, 4) is 0 Å². The van der Waals surface area contributed by atoms with E-state index in [1.807, 2.05) is 31.2 Å². The number of aryl methyl sites for hydroxylation is 2. The molecule has 0 fully saturated rings. The summed E-state index contributed by atoms with van der Waals surface area (Å²) in [6, 6.07) is 12.1. The SMILES string of the molecule is Cc1ccc(C=CC(=O)NC(=S)Nc2cc([N+](=O)[O-])ccc2C)cc1. The Morgan fingerprint density at radius 1 is 1.16 bits per heavy atom. The van der Waals surface area contributed by atoms with Crippen LogP contribution in [0.25, 0.3) is 6.08 Å². The van der Waals surface area contributed by atoms with Gasteiger partial charge in [0.1, 0.15) is 0 Å². The van der Waals surface area contributed by atoms with Crippen LogP contribution in [0.15, 0.2) is 48.5 Å². The lowest BCUT2D eigenvalue weighted by atomic mass is 10.1. The van der Waals surface area contributed by atoms with E-state index < -0.39 is 4.92 Å². The quantitative estimate of drug-likeness (QED) is 0.378. The minimum absolute atomic E-state index is 0.0542. The molecule has 0 bridgehead atoms. The number of hydrogen-bond acceptors (Lipinski definition) is 4. The Morgan fingerprint density at radius 3 is 2.48 bits per heavy atom. The van der Waals surface area contributed by atoms with Crippen molar-refractivity contribution in [3.05, 3.63) is 75.3 Å². The summed E-state index contributed by atoms with van der Waals surface area (Å²) in [7, 11) is 0. The smallest absolute Gasteiger partial charge is 0.271 e. The van der Waals surface area contributed by atoms with E-state index in [2.05, 4.69) is 10.6 Å². The Kier molecular flexibility index (Phi) is 5.97. The fourth-order valence-corrected chi connectivity index (χ4v) is 2.23. The molecule has 0 aromatic heterocycles. The topological polar surface area (TPSA) is 84.3 Å². The molecule has 2 N–H and O–H groups in total. The van der Waals surface area contributed by atoms with Gasteiger partial charge in [-0.25, -0.2) is 0 Å². The Bertz CT molecular complexity index is 845. The van der Waals surface area contributed by atoms with Crippen LogP contribution in [-0.4, -0.2) is 15.9 Å². The van der Waals surface area contributed by atoms with Gasteiger partial charge in [-0.3, -0.25) is 20.2 Å².